The minimum absolute atomic E-state index is 0.262. The molecule has 0 aliphatic rings. The number of nitrogens with zero attached hydrogens (tertiary/aromatic N) is 2. The highest BCUT2D eigenvalue weighted by molar-refractivity contribution is 5.14. The van der Waals surface area contributed by atoms with Crippen molar-refractivity contribution in [1.29, 1.82) is 0 Å². The van der Waals surface area contributed by atoms with E-state index in [1.807, 2.05) is 60.7 Å². The van der Waals surface area contributed by atoms with E-state index >= 15 is 0 Å². The molecule has 0 saturated heterocycles. The Kier molecular flexibility index (Phi) is 12.0. The van der Waals surface area contributed by atoms with E-state index in [-0.39, 0.29) is 34.8 Å². The molecule has 2 aromatic carbocycles. The molecule has 0 aliphatic heterocycles. The lowest BCUT2D eigenvalue weighted by Crippen LogP contribution is -2.29. The maximum absolute atomic E-state index is 11.2. The van der Waals surface area contributed by atoms with Crippen LogP contribution in [-0.4, -0.2) is 36.1 Å². The molecule has 0 spiro atoms. The smallest absolute Gasteiger partial charge is 0.207 e. The zero-order valence-corrected chi connectivity index (χ0v) is 18.3. The van der Waals surface area contributed by atoms with Gasteiger partial charge in [-0.25, -0.2) is 0 Å². The minimum atomic E-state index is -0.367. The Labute approximate surface area is 188 Å². The third-order valence-corrected chi connectivity index (χ3v) is 5.38. The Morgan fingerprint density at radius 3 is 1.38 bits per heavy atom. The summed E-state index contributed by atoms with van der Waals surface area (Å²) in [6.45, 7) is 1.38. The predicted octanol–water partition coefficient (Wildman–Crippen LogP) is 4.77. The Balaban J connectivity index is 1.77. The highest BCUT2D eigenvalue weighted by Crippen LogP contribution is 2.24. The Bertz CT molecular complexity index is 720. The van der Waals surface area contributed by atoms with Gasteiger partial charge < -0.3 is 9.47 Å². The molecular weight excluding hydrogens is 412 g/mol. The van der Waals surface area contributed by atoms with Gasteiger partial charge in [-0.3, -0.25) is 20.2 Å². The molecule has 0 aliphatic carbocycles. The summed E-state index contributed by atoms with van der Waals surface area (Å²) in [6, 6.07) is 19.5. The van der Waals surface area contributed by atoms with Crippen LogP contribution in [0.2, 0.25) is 0 Å². The van der Waals surface area contributed by atoms with E-state index in [0.717, 1.165) is 11.1 Å². The molecule has 0 N–H and O–H groups in total. The van der Waals surface area contributed by atoms with E-state index in [2.05, 4.69) is 0 Å². The van der Waals surface area contributed by atoms with Crippen LogP contribution < -0.4 is 0 Å². The fraction of sp³-hybridized carbons (Fsp3) is 0.500. The molecule has 2 unspecified atom stereocenters. The zero-order chi connectivity index (χ0) is 23.0. The lowest BCUT2D eigenvalue weighted by atomic mass is 9.85. The summed E-state index contributed by atoms with van der Waals surface area (Å²) < 4.78 is 11.3. The molecule has 32 heavy (non-hydrogen) atoms. The number of rotatable bonds is 17. The van der Waals surface area contributed by atoms with Crippen LogP contribution in [0.15, 0.2) is 60.7 Å². The van der Waals surface area contributed by atoms with Crippen molar-refractivity contribution in [2.75, 3.05) is 26.3 Å². The van der Waals surface area contributed by atoms with Crippen LogP contribution in [0.4, 0.5) is 0 Å². The molecule has 2 rings (SSSR count). The van der Waals surface area contributed by atoms with E-state index in [4.69, 9.17) is 9.47 Å². The summed E-state index contributed by atoms with van der Waals surface area (Å²) in [5.41, 5.74) is 2.13. The summed E-state index contributed by atoms with van der Waals surface area (Å²) in [7, 11) is 0. The first-order valence-corrected chi connectivity index (χ1v) is 11.0. The third-order valence-electron chi connectivity index (χ3n) is 5.38. The third kappa shape index (κ3) is 11.0. The maximum atomic E-state index is 11.2. The molecule has 0 bridgehead atoms. The van der Waals surface area contributed by atoms with Crippen molar-refractivity contribution < 1.29 is 19.3 Å². The average molecular weight is 445 g/mol. The fourth-order valence-corrected chi connectivity index (χ4v) is 3.76. The van der Waals surface area contributed by atoms with Crippen molar-refractivity contribution in [1.82, 2.24) is 0 Å². The number of nitro groups is 2. The average Bonchev–Trinajstić information content (AvgIpc) is 2.78. The van der Waals surface area contributed by atoms with E-state index in [1.54, 1.807) is 0 Å². The molecule has 2 atom stereocenters. The predicted molar refractivity (Wildman–Crippen MR) is 121 cm³/mol. The number of hydrogen-bond donors (Lipinski definition) is 0. The fourth-order valence-electron chi connectivity index (χ4n) is 3.76. The van der Waals surface area contributed by atoms with Gasteiger partial charge >= 0.3 is 0 Å². The van der Waals surface area contributed by atoms with Gasteiger partial charge in [0.15, 0.2) is 0 Å². The molecule has 2 aromatic rings. The quantitative estimate of drug-likeness (QED) is 0.198. The SMILES string of the molecule is O=[N+]([O-])CC(CCCOCc1ccccc1)C(CCCOCc1ccccc1)C[N+](=O)[O-]. The van der Waals surface area contributed by atoms with Crippen molar-refractivity contribution in [3.8, 4) is 0 Å². The van der Waals surface area contributed by atoms with E-state index < -0.39 is 0 Å². The summed E-state index contributed by atoms with van der Waals surface area (Å²) in [6.07, 6.45) is 2.31. The zero-order valence-electron chi connectivity index (χ0n) is 18.3. The van der Waals surface area contributed by atoms with Gasteiger partial charge in [0.25, 0.3) is 0 Å². The van der Waals surface area contributed by atoms with Gasteiger partial charge in [-0.15, -0.1) is 0 Å². The van der Waals surface area contributed by atoms with Crippen LogP contribution in [0.3, 0.4) is 0 Å². The molecule has 0 aromatic heterocycles. The topological polar surface area (TPSA) is 105 Å². The summed E-state index contributed by atoms with van der Waals surface area (Å²) >= 11 is 0. The lowest BCUT2D eigenvalue weighted by molar-refractivity contribution is -0.508. The van der Waals surface area contributed by atoms with E-state index in [9.17, 15) is 20.2 Å². The van der Waals surface area contributed by atoms with Crippen LogP contribution in [0.5, 0.6) is 0 Å². The van der Waals surface area contributed by atoms with Gasteiger partial charge in [0.1, 0.15) is 0 Å². The van der Waals surface area contributed by atoms with Crippen molar-refractivity contribution in [2.45, 2.75) is 38.9 Å². The standard InChI is InChI=1S/C24H32N2O6/c27-25(28)17-23(13-7-15-31-19-21-9-3-1-4-10-21)24(18-26(29)30)14-8-16-32-20-22-11-5-2-6-12-22/h1-6,9-12,23-24H,7-8,13-20H2. The second kappa shape index (κ2) is 15.0. The normalized spacial score (nSPS) is 12.9. The molecular formula is C24H32N2O6. The Morgan fingerprint density at radius 1 is 0.656 bits per heavy atom. The van der Waals surface area contributed by atoms with Crippen molar-refractivity contribution in [3.05, 3.63) is 92.0 Å². The van der Waals surface area contributed by atoms with Gasteiger partial charge in [0, 0.05) is 34.9 Å². The van der Waals surface area contributed by atoms with Crippen LogP contribution in [0.25, 0.3) is 0 Å². The highest BCUT2D eigenvalue weighted by Gasteiger charge is 2.29. The highest BCUT2D eigenvalue weighted by atomic mass is 16.6. The summed E-state index contributed by atoms with van der Waals surface area (Å²) in [5.74, 6) is -0.713. The van der Waals surface area contributed by atoms with Crippen LogP contribution >= 0.6 is 0 Å². The first-order chi connectivity index (χ1) is 15.5. The second-order valence-electron chi connectivity index (χ2n) is 7.91. The van der Waals surface area contributed by atoms with Gasteiger partial charge in [0.05, 0.1) is 13.2 Å². The number of benzene rings is 2. The minimum Gasteiger partial charge on any atom is -0.377 e. The molecule has 8 heteroatoms. The van der Waals surface area contributed by atoms with Gasteiger partial charge in [-0.2, -0.15) is 0 Å². The van der Waals surface area contributed by atoms with E-state index in [1.165, 1.54) is 0 Å². The number of ether oxygens (including phenoxy) is 2. The first-order valence-electron chi connectivity index (χ1n) is 11.0. The monoisotopic (exact) mass is 444 g/mol. The second-order valence-corrected chi connectivity index (χ2v) is 7.91. The van der Waals surface area contributed by atoms with Crippen molar-refractivity contribution >= 4 is 0 Å². The van der Waals surface area contributed by atoms with Crippen LogP contribution in [-0.2, 0) is 22.7 Å². The first kappa shape index (κ1) is 25.4. The molecule has 0 radical (unpaired) electrons. The lowest BCUT2D eigenvalue weighted by Gasteiger charge is -2.21. The van der Waals surface area contributed by atoms with Crippen molar-refractivity contribution in [2.24, 2.45) is 11.8 Å². The number of hydrogen-bond acceptors (Lipinski definition) is 6. The van der Waals surface area contributed by atoms with Crippen LogP contribution in [0.1, 0.15) is 36.8 Å². The molecule has 0 heterocycles. The molecule has 8 nitrogen and oxygen atoms in total. The Morgan fingerprint density at radius 2 is 1.03 bits per heavy atom. The summed E-state index contributed by atoms with van der Waals surface area (Å²) in [5, 5.41) is 22.4. The largest absolute Gasteiger partial charge is 0.377 e. The molecule has 0 amide bonds. The summed E-state index contributed by atoms with van der Waals surface area (Å²) in [4.78, 5) is 21.6. The Hall–Kier alpha value is -2.84. The maximum Gasteiger partial charge on any atom is 0.207 e. The van der Waals surface area contributed by atoms with Gasteiger partial charge in [-0.05, 0) is 36.8 Å². The molecule has 174 valence electrons. The molecule has 0 fully saturated rings. The molecule has 0 saturated carbocycles. The van der Waals surface area contributed by atoms with Gasteiger partial charge in [0.2, 0.25) is 13.1 Å². The van der Waals surface area contributed by atoms with Gasteiger partial charge in [-0.1, -0.05) is 60.7 Å². The van der Waals surface area contributed by atoms with Crippen molar-refractivity contribution in [3.63, 3.8) is 0 Å². The van der Waals surface area contributed by atoms with Crippen LogP contribution in [0, 0.1) is 32.1 Å². The van der Waals surface area contributed by atoms with E-state index in [0.29, 0.717) is 52.1 Å².